The lowest BCUT2D eigenvalue weighted by Gasteiger charge is -2.27. The lowest BCUT2D eigenvalue weighted by Crippen LogP contribution is -2.44. The molecule has 1 unspecified atom stereocenters. The molecule has 4 rings (SSSR count). The summed E-state index contributed by atoms with van der Waals surface area (Å²) >= 11 is 0. The maximum atomic E-state index is 13.0. The predicted molar refractivity (Wildman–Crippen MR) is 103 cm³/mol. The van der Waals surface area contributed by atoms with E-state index in [1.165, 1.54) is 16.6 Å². The number of anilines is 1. The zero-order valence-electron chi connectivity index (χ0n) is 16.1. The van der Waals surface area contributed by atoms with Gasteiger partial charge in [-0.3, -0.25) is 14.5 Å². The average Bonchev–Trinajstić information content (AvgIpc) is 3.23. The van der Waals surface area contributed by atoms with Crippen molar-refractivity contribution in [2.24, 2.45) is 0 Å². The summed E-state index contributed by atoms with van der Waals surface area (Å²) in [6, 6.07) is 8.32. The van der Waals surface area contributed by atoms with Crippen LogP contribution < -0.4 is 4.90 Å². The minimum absolute atomic E-state index is 0.00238. The summed E-state index contributed by atoms with van der Waals surface area (Å²) in [4.78, 5) is 31.4. The fourth-order valence-corrected chi connectivity index (χ4v) is 4.08. The van der Waals surface area contributed by atoms with E-state index in [9.17, 15) is 9.59 Å². The SMILES string of the molecule is CC1Cc2ccccc2N1C(=O)CN1CCCN(C(=O)Cn2cnnn2)CC1. The molecule has 0 N–H and O–H groups in total. The largest absolute Gasteiger partial charge is 0.340 e. The zero-order valence-corrected chi connectivity index (χ0v) is 16.1. The van der Waals surface area contributed by atoms with Crippen molar-refractivity contribution >= 4 is 17.5 Å². The Morgan fingerprint density at radius 1 is 1.07 bits per heavy atom. The Morgan fingerprint density at radius 3 is 2.75 bits per heavy atom. The second-order valence-corrected chi connectivity index (χ2v) is 7.46. The van der Waals surface area contributed by atoms with E-state index in [0.717, 1.165) is 25.1 Å². The number of nitrogens with zero attached hydrogens (tertiary/aromatic N) is 7. The van der Waals surface area contributed by atoms with Crippen LogP contribution in [0.4, 0.5) is 5.69 Å². The number of carbonyl (C=O) groups is 2. The van der Waals surface area contributed by atoms with Gasteiger partial charge in [0.25, 0.3) is 0 Å². The van der Waals surface area contributed by atoms with Crippen molar-refractivity contribution in [3.63, 3.8) is 0 Å². The van der Waals surface area contributed by atoms with Crippen LogP contribution in [-0.2, 0) is 22.6 Å². The van der Waals surface area contributed by atoms with Crippen LogP contribution >= 0.6 is 0 Å². The summed E-state index contributed by atoms with van der Waals surface area (Å²) in [5.41, 5.74) is 2.27. The van der Waals surface area contributed by atoms with Gasteiger partial charge in [0.15, 0.2) is 0 Å². The molecule has 28 heavy (non-hydrogen) atoms. The van der Waals surface area contributed by atoms with Gasteiger partial charge in [0.2, 0.25) is 11.8 Å². The van der Waals surface area contributed by atoms with Gasteiger partial charge in [0.05, 0.1) is 6.54 Å². The van der Waals surface area contributed by atoms with Crippen LogP contribution in [0.2, 0.25) is 0 Å². The first kappa shape index (κ1) is 18.5. The second-order valence-electron chi connectivity index (χ2n) is 7.46. The Kier molecular flexibility index (Phi) is 5.34. The highest BCUT2D eigenvalue weighted by Crippen LogP contribution is 2.31. The van der Waals surface area contributed by atoms with Gasteiger partial charge in [-0.05, 0) is 41.8 Å². The summed E-state index contributed by atoms with van der Waals surface area (Å²) in [6.07, 6.45) is 3.19. The number of aromatic nitrogens is 4. The number of amides is 2. The van der Waals surface area contributed by atoms with Gasteiger partial charge in [0.1, 0.15) is 12.9 Å². The van der Waals surface area contributed by atoms with Crippen molar-refractivity contribution in [3.05, 3.63) is 36.2 Å². The Bertz CT molecular complexity index is 839. The van der Waals surface area contributed by atoms with Gasteiger partial charge in [-0.1, -0.05) is 18.2 Å². The first-order valence-electron chi connectivity index (χ1n) is 9.72. The third kappa shape index (κ3) is 3.89. The first-order chi connectivity index (χ1) is 13.6. The van der Waals surface area contributed by atoms with Crippen LogP contribution in [0.25, 0.3) is 0 Å². The van der Waals surface area contributed by atoms with E-state index in [1.54, 1.807) is 0 Å². The average molecular weight is 383 g/mol. The number of para-hydroxylation sites is 1. The van der Waals surface area contributed by atoms with Gasteiger partial charge in [-0.15, -0.1) is 5.10 Å². The first-order valence-corrected chi connectivity index (χ1v) is 9.72. The summed E-state index contributed by atoms with van der Waals surface area (Å²) in [6.45, 7) is 5.43. The van der Waals surface area contributed by atoms with Crippen LogP contribution in [0.15, 0.2) is 30.6 Å². The van der Waals surface area contributed by atoms with E-state index in [0.29, 0.717) is 26.2 Å². The Hall–Kier alpha value is -2.81. The predicted octanol–water partition coefficient (Wildman–Crippen LogP) is 0.185. The Morgan fingerprint density at radius 2 is 1.93 bits per heavy atom. The van der Waals surface area contributed by atoms with Crippen molar-refractivity contribution < 1.29 is 9.59 Å². The molecule has 2 aliphatic heterocycles. The third-order valence-electron chi connectivity index (χ3n) is 5.46. The van der Waals surface area contributed by atoms with Crippen LogP contribution in [0.3, 0.4) is 0 Å². The van der Waals surface area contributed by atoms with Gasteiger partial charge < -0.3 is 9.80 Å². The van der Waals surface area contributed by atoms with Crippen LogP contribution in [-0.4, -0.2) is 80.6 Å². The molecule has 0 bridgehead atoms. The quantitative estimate of drug-likeness (QED) is 0.749. The number of hydrogen-bond acceptors (Lipinski definition) is 6. The maximum absolute atomic E-state index is 13.0. The smallest absolute Gasteiger partial charge is 0.244 e. The third-order valence-corrected chi connectivity index (χ3v) is 5.46. The maximum Gasteiger partial charge on any atom is 0.244 e. The van der Waals surface area contributed by atoms with Crippen molar-refractivity contribution in [1.29, 1.82) is 0 Å². The van der Waals surface area contributed by atoms with Gasteiger partial charge >= 0.3 is 0 Å². The van der Waals surface area contributed by atoms with E-state index in [4.69, 9.17) is 0 Å². The molecule has 2 aromatic rings. The Balaban J connectivity index is 1.34. The summed E-state index contributed by atoms with van der Waals surface area (Å²) in [5, 5.41) is 10.9. The number of tetrazole rings is 1. The molecular formula is C19H25N7O2. The number of carbonyl (C=O) groups excluding carboxylic acids is 2. The number of rotatable bonds is 4. The fourth-order valence-electron chi connectivity index (χ4n) is 4.08. The highest BCUT2D eigenvalue weighted by Gasteiger charge is 2.31. The number of hydrogen-bond donors (Lipinski definition) is 0. The lowest BCUT2D eigenvalue weighted by molar-refractivity contribution is -0.131. The molecule has 9 heteroatoms. The summed E-state index contributed by atoms with van der Waals surface area (Å²) in [5.74, 6) is 0.133. The van der Waals surface area contributed by atoms with Gasteiger partial charge in [-0.25, -0.2) is 4.68 Å². The highest BCUT2D eigenvalue weighted by atomic mass is 16.2. The highest BCUT2D eigenvalue weighted by molar-refractivity contribution is 5.97. The van der Waals surface area contributed by atoms with Crippen molar-refractivity contribution in [3.8, 4) is 0 Å². The molecule has 1 aromatic heterocycles. The van der Waals surface area contributed by atoms with Gasteiger partial charge in [0, 0.05) is 37.9 Å². The molecule has 1 saturated heterocycles. The van der Waals surface area contributed by atoms with Gasteiger partial charge in [-0.2, -0.15) is 0 Å². The monoisotopic (exact) mass is 383 g/mol. The van der Waals surface area contributed by atoms with Crippen molar-refractivity contribution in [1.82, 2.24) is 30.0 Å². The number of benzene rings is 1. The van der Waals surface area contributed by atoms with Crippen LogP contribution in [0.1, 0.15) is 18.9 Å². The van der Waals surface area contributed by atoms with Crippen molar-refractivity contribution in [2.75, 3.05) is 37.6 Å². The molecular weight excluding hydrogens is 358 g/mol. The van der Waals surface area contributed by atoms with E-state index >= 15 is 0 Å². The summed E-state index contributed by atoms with van der Waals surface area (Å²) < 4.78 is 1.43. The molecule has 0 radical (unpaired) electrons. The minimum Gasteiger partial charge on any atom is -0.340 e. The molecule has 1 fully saturated rings. The van der Waals surface area contributed by atoms with E-state index in [1.807, 2.05) is 28.0 Å². The van der Waals surface area contributed by atoms with Crippen molar-refractivity contribution in [2.45, 2.75) is 32.4 Å². The van der Waals surface area contributed by atoms with Crippen LogP contribution in [0, 0.1) is 0 Å². The van der Waals surface area contributed by atoms with E-state index in [-0.39, 0.29) is 24.4 Å². The summed E-state index contributed by atoms with van der Waals surface area (Å²) in [7, 11) is 0. The molecule has 9 nitrogen and oxygen atoms in total. The topological polar surface area (TPSA) is 87.5 Å². The standard InChI is InChI=1S/C19H25N7O2/c1-15-11-16-5-2-3-6-17(16)26(15)19(28)12-23-7-4-8-24(10-9-23)18(27)13-25-14-20-21-22-25/h2-3,5-6,14-15H,4,7-13H2,1H3. The molecule has 148 valence electrons. The molecule has 1 atom stereocenters. The number of fused-ring (bicyclic) bond motifs is 1. The zero-order chi connectivity index (χ0) is 19.5. The molecule has 0 spiro atoms. The lowest BCUT2D eigenvalue weighted by atomic mass is 10.1. The van der Waals surface area contributed by atoms with E-state index in [2.05, 4.69) is 33.4 Å². The fraction of sp³-hybridized carbons (Fsp3) is 0.526. The molecule has 3 heterocycles. The second kappa shape index (κ2) is 8.05. The van der Waals surface area contributed by atoms with Crippen LogP contribution in [0.5, 0.6) is 0 Å². The molecule has 0 saturated carbocycles. The van der Waals surface area contributed by atoms with E-state index < -0.39 is 0 Å². The Labute approximate surface area is 163 Å². The molecule has 2 aliphatic rings. The minimum atomic E-state index is 0.00238. The normalized spacial score (nSPS) is 20.1. The molecule has 2 amide bonds. The molecule has 1 aromatic carbocycles. The molecule has 0 aliphatic carbocycles.